The van der Waals surface area contributed by atoms with Crippen molar-refractivity contribution in [1.82, 2.24) is 5.32 Å². The van der Waals surface area contributed by atoms with Crippen LogP contribution in [-0.2, 0) is 12.8 Å². The minimum absolute atomic E-state index is 0.0657. The van der Waals surface area contributed by atoms with Gasteiger partial charge in [-0.15, -0.1) is 0 Å². The monoisotopic (exact) mass is 333 g/mol. The van der Waals surface area contributed by atoms with E-state index in [9.17, 15) is 9.18 Å². The van der Waals surface area contributed by atoms with E-state index in [1.54, 1.807) is 0 Å². The molecule has 1 aliphatic heterocycles. The molecule has 2 aromatic carbocycles. The maximum absolute atomic E-state index is 13.0. The molecule has 0 saturated heterocycles. The van der Waals surface area contributed by atoms with Crippen molar-refractivity contribution in [1.29, 1.82) is 0 Å². The largest absolute Gasteiger partial charge is 0.493 e. The first kappa shape index (κ1) is 15.8. The minimum atomic E-state index is -0.458. The van der Waals surface area contributed by atoms with Gasteiger partial charge < -0.3 is 10.1 Å². The van der Waals surface area contributed by atoms with Gasteiger partial charge in [-0.05, 0) is 48.7 Å². The van der Waals surface area contributed by atoms with Crippen molar-refractivity contribution in [3.8, 4) is 5.75 Å². The number of fused-ring (bicyclic) bond motifs is 1. The Bertz CT molecular complexity index is 748. The van der Waals surface area contributed by atoms with E-state index >= 15 is 0 Å². The predicted molar refractivity (Wildman–Crippen MR) is 87.7 cm³/mol. The van der Waals surface area contributed by atoms with Gasteiger partial charge in [-0.25, -0.2) is 4.39 Å². The van der Waals surface area contributed by atoms with E-state index in [4.69, 9.17) is 16.3 Å². The zero-order valence-corrected chi connectivity index (χ0v) is 13.5. The number of carbonyl (C=O) groups is 1. The molecule has 0 bridgehead atoms. The summed E-state index contributed by atoms with van der Waals surface area (Å²) in [4.78, 5) is 12.2. The second-order valence-electron chi connectivity index (χ2n) is 5.74. The predicted octanol–water partition coefficient (Wildman–Crippen LogP) is 3.78. The van der Waals surface area contributed by atoms with Crippen molar-refractivity contribution in [3.05, 3.63) is 63.9 Å². The molecule has 1 aliphatic rings. The van der Waals surface area contributed by atoms with Crippen molar-refractivity contribution in [2.24, 2.45) is 0 Å². The Labute approximate surface area is 139 Å². The topological polar surface area (TPSA) is 38.3 Å². The molecule has 1 amide bonds. The molecular weight excluding hydrogens is 317 g/mol. The number of halogens is 2. The summed E-state index contributed by atoms with van der Waals surface area (Å²) in [7, 11) is 0. The molecule has 0 spiro atoms. The Morgan fingerprint density at radius 2 is 2.17 bits per heavy atom. The maximum atomic E-state index is 13.0. The maximum Gasteiger partial charge on any atom is 0.253 e. The third kappa shape index (κ3) is 3.64. The molecule has 0 radical (unpaired) electrons. The van der Waals surface area contributed by atoms with Crippen molar-refractivity contribution >= 4 is 17.5 Å². The van der Waals surface area contributed by atoms with Crippen LogP contribution >= 0.6 is 11.6 Å². The molecule has 0 aliphatic carbocycles. The average Bonchev–Trinajstić information content (AvgIpc) is 2.94. The zero-order chi connectivity index (χ0) is 16.4. The van der Waals surface area contributed by atoms with E-state index < -0.39 is 5.82 Å². The first-order valence-electron chi connectivity index (χ1n) is 7.53. The van der Waals surface area contributed by atoms with Gasteiger partial charge in [0.2, 0.25) is 0 Å². The summed E-state index contributed by atoms with van der Waals surface area (Å²) in [5.41, 5.74) is 2.64. The number of rotatable bonds is 4. The standard InChI is InChI=1S/C18H17ClFNO2/c1-11(8-12-2-5-17-13(9-12)6-7-23-17)21-18(22)15-4-3-14(20)10-16(15)19/h2-5,9-11H,6-8H2,1H3,(H,21,22). The zero-order valence-electron chi connectivity index (χ0n) is 12.7. The van der Waals surface area contributed by atoms with Crippen molar-refractivity contribution < 1.29 is 13.9 Å². The molecule has 0 aromatic heterocycles. The van der Waals surface area contributed by atoms with E-state index in [2.05, 4.69) is 11.4 Å². The molecule has 1 heterocycles. The van der Waals surface area contributed by atoms with Crippen LogP contribution in [0.4, 0.5) is 4.39 Å². The van der Waals surface area contributed by atoms with Gasteiger partial charge in [-0.2, -0.15) is 0 Å². The summed E-state index contributed by atoms with van der Waals surface area (Å²) in [6, 6.07) is 9.81. The molecule has 0 saturated carbocycles. The lowest BCUT2D eigenvalue weighted by molar-refractivity contribution is 0.0940. The van der Waals surface area contributed by atoms with E-state index in [-0.39, 0.29) is 22.5 Å². The second-order valence-corrected chi connectivity index (χ2v) is 6.15. The second kappa shape index (κ2) is 6.59. The molecule has 1 N–H and O–H groups in total. The normalized spacial score (nSPS) is 14.0. The fourth-order valence-corrected chi connectivity index (χ4v) is 3.00. The quantitative estimate of drug-likeness (QED) is 0.924. The summed E-state index contributed by atoms with van der Waals surface area (Å²) >= 11 is 5.92. The SMILES string of the molecule is CC(Cc1ccc2c(c1)CCO2)NC(=O)c1ccc(F)cc1Cl. The Hall–Kier alpha value is -2.07. The minimum Gasteiger partial charge on any atom is -0.493 e. The highest BCUT2D eigenvalue weighted by atomic mass is 35.5. The number of carbonyl (C=O) groups excluding carboxylic acids is 1. The van der Waals surface area contributed by atoms with E-state index in [1.807, 2.05) is 19.1 Å². The molecular formula is C18H17ClFNO2. The molecule has 1 atom stereocenters. The third-order valence-electron chi connectivity index (χ3n) is 3.85. The van der Waals surface area contributed by atoms with Crippen LogP contribution in [0.1, 0.15) is 28.4 Å². The van der Waals surface area contributed by atoms with E-state index in [0.29, 0.717) is 6.42 Å². The Morgan fingerprint density at radius 3 is 2.96 bits per heavy atom. The van der Waals surface area contributed by atoms with Crippen LogP contribution in [0.3, 0.4) is 0 Å². The molecule has 0 fully saturated rings. The first-order chi connectivity index (χ1) is 11.0. The Kier molecular flexibility index (Phi) is 4.53. The number of ether oxygens (including phenoxy) is 1. The Balaban J connectivity index is 1.64. The average molecular weight is 334 g/mol. The van der Waals surface area contributed by atoms with Crippen LogP contribution in [0.5, 0.6) is 5.75 Å². The van der Waals surface area contributed by atoms with E-state index in [1.165, 1.54) is 17.7 Å². The molecule has 23 heavy (non-hydrogen) atoms. The van der Waals surface area contributed by atoms with Gasteiger partial charge in [-0.1, -0.05) is 23.7 Å². The molecule has 3 nitrogen and oxygen atoms in total. The summed E-state index contributed by atoms with van der Waals surface area (Å²) in [6.07, 6.45) is 1.63. The van der Waals surface area contributed by atoms with Crippen LogP contribution < -0.4 is 10.1 Å². The van der Waals surface area contributed by atoms with E-state index in [0.717, 1.165) is 30.4 Å². The van der Waals surface area contributed by atoms with Crippen molar-refractivity contribution in [2.45, 2.75) is 25.8 Å². The smallest absolute Gasteiger partial charge is 0.253 e. The lowest BCUT2D eigenvalue weighted by Crippen LogP contribution is -2.34. The van der Waals surface area contributed by atoms with Crippen LogP contribution in [0.25, 0.3) is 0 Å². The lowest BCUT2D eigenvalue weighted by Gasteiger charge is -2.15. The fraction of sp³-hybridized carbons (Fsp3) is 0.278. The molecule has 2 aromatic rings. The number of hydrogen-bond donors (Lipinski definition) is 1. The van der Waals surface area contributed by atoms with Gasteiger partial charge in [-0.3, -0.25) is 4.79 Å². The van der Waals surface area contributed by atoms with Crippen LogP contribution in [-0.4, -0.2) is 18.6 Å². The van der Waals surface area contributed by atoms with Gasteiger partial charge in [0.15, 0.2) is 0 Å². The third-order valence-corrected chi connectivity index (χ3v) is 4.16. The molecule has 3 rings (SSSR count). The van der Waals surface area contributed by atoms with Crippen molar-refractivity contribution in [2.75, 3.05) is 6.61 Å². The van der Waals surface area contributed by atoms with Crippen LogP contribution in [0.2, 0.25) is 5.02 Å². The lowest BCUT2D eigenvalue weighted by atomic mass is 10.0. The molecule has 1 unspecified atom stereocenters. The Morgan fingerprint density at radius 1 is 1.35 bits per heavy atom. The van der Waals surface area contributed by atoms with Gasteiger partial charge >= 0.3 is 0 Å². The van der Waals surface area contributed by atoms with Gasteiger partial charge in [0, 0.05) is 12.5 Å². The molecule has 5 heteroatoms. The number of hydrogen-bond acceptors (Lipinski definition) is 2. The van der Waals surface area contributed by atoms with Crippen LogP contribution in [0.15, 0.2) is 36.4 Å². The van der Waals surface area contributed by atoms with Crippen molar-refractivity contribution in [3.63, 3.8) is 0 Å². The van der Waals surface area contributed by atoms with Gasteiger partial charge in [0.1, 0.15) is 11.6 Å². The summed E-state index contributed by atoms with van der Waals surface area (Å²) in [5.74, 6) is 0.190. The highest BCUT2D eigenvalue weighted by Gasteiger charge is 2.16. The summed E-state index contributed by atoms with van der Waals surface area (Å²) in [6.45, 7) is 2.66. The highest BCUT2D eigenvalue weighted by molar-refractivity contribution is 6.33. The number of amides is 1. The fourth-order valence-electron chi connectivity index (χ4n) is 2.75. The summed E-state index contributed by atoms with van der Waals surface area (Å²) < 4.78 is 18.5. The number of nitrogens with one attached hydrogen (secondary N) is 1. The van der Waals surface area contributed by atoms with Crippen LogP contribution in [0, 0.1) is 5.82 Å². The number of benzene rings is 2. The van der Waals surface area contributed by atoms with Gasteiger partial charge in [0.25, 0.3) is 5.91 Å². The first-order valence-corrected chi connectivity index (χ1v) is 7.91. The summed E-state index contributed by atoms with van der Waals surface area (Å²) in [5, 5.41) is 3.01. The molecule has 120 valence electrons. The van der Waals surface area contributed by atoms with Gasteiger partial charge in [0.05, 0.1) is 17.2 Å². The highest BCUT2D eigenvalue weighted by Crippen LogP contribution is 2.26.